The number of aliphatic carboxylic acids is 1. The Hall–Kier alpha value is -2.20. The Labute approximate surface area is 147 Å². The Morgan fingerprint density at radius 3 is 2.32 bits per heavy atom. The number of carbonyl (C=O) groups is 1. The van der Waals surface area contributed by atoms with Gasteiger partial charge in [0.25, 0.3) is 5.69 Å². The van der Waals surface area contributed by atoms with Gasteiger partial charge in [0.05, 0.1) is 15.7 Å². The molecular formula is C15H23N3O6S. The van der Waals surface area contributed by atoms with Crippen molar-refractivity contribution in [3.63, 3.8) is 0 Å². The molecule has 140 valence electrons. The third-order valence-corrected chi connectivity index (χ3v) is 5.91. The second-order valence-electron chi connectivity index (χ2n) is 5.62. The van der Waals surface area contributed by atoms with Gasteiger partial charge in [0.15, 0.2) is 0 Å². The van der Waals surface area contributed by atoms with E-state index < -0.39 is 26.8 Å². The normalized spacial score (nSPS) is 12.8. The first-order chi connectivity index (χ1) is 11.6. The summed E-state index contributed by atoms with van der Waals surface area (Å²) in [6.45, 7) is 5.42. The van der Waals surface area contributed by atoms with E-state index >= 15 is 0 Å². The highest BCUT2D eigenvalue weighted by Gasteiger charge is 2.27. The summed E-state index contributed by atoms with van der Waals surface area (Å²) in [6.07, 6.45) is 0. The number of hydrogen-bond donors (Lipinski definition) is 1. The monoisotopic (exact) mass is 373 g/mol. The van der Waals surface area contributed by atoms with Crippen LogP contribution in [0.5, 0.6) is 0 Å². The number of carboxylic acids is 1. The number of nitro benzene ring substituents is 1. The topological polar surface area (TPSA) is 121 Å². The number of anilines is 1. The van der Waals surface area contributed by atoms with Crippen LogP contribution in [0, 0.1) is 16.0 Å². The van der Waals surface area contributed by atoms with Crippen molar-refractivity contribution in [1.82, 2.24) is 4.31 Å². The van der Waals surface area contributed by atoms with E-state index in [4.69, 9.17) is 5.11 Å². The van der Waals surface area contributed by atoms with Crippen LogP contribution in [0.15, 0.2) is 23.1 Å². The minimum absolute atomic E-state index is 0.0539. The number of sulfonamides is 1. The molecule has 1 unspecified atom stereocenters. The molecule has 0 radical (unpaired) electrons. The number of nitro groups is 1. The van der Waals surface area contributed by atoms with Gasteiger partial charge >= 0.3 is 5.97 Å². The average molecular weight is 373 g/mol. The maximum Gasteiger partial charge on any atom is 0.308 e. The van der Waals surface area contributed by atoms with Crippen LogP contribution in [-0.4, -0.2) is 55.4 Å². The highest BCUT2D eigenvalue weighted by molar-refractivity contribution is 7.89. The maximum absolute atomic E-state index is 12.5. The molecule has 0 aliphatic carbocycles. The lowest BCUT2D eigenvalue weighted by molar-refractivity contribution is -0.384. The Bertz CT molecular complexity index is 746. The number of carboxylic acid groups (broad SMARTS) is 1. The van der Waals surface area contributed by atoms with E-state index in [-0.39, 0.29) is 35.9 Å². The fraction of sp³-hybridized carbons (Fsp3) is 0.533. The zero-order valence-corrected chi connectivity index (χ0v) is 15.5. The van der Waals surface area contributed by atoms with Gasteiger partial charge in [0, 0.05) is 32.7 Å². The molecule has 1 aromatic carbocycles. The molecule has 9 nitrogen and oxygen atoms in total. The van der Waals surface area contributed by atoms with E-state index in [1.165, 1.54) is 35.3 Å². The summed E-state index contributed by atoms with van der Waals surface area (Å²) in [5, 5.41) is 20.4. The van der Waals surface area contributed by atoms with Gasteiger partial charge in [-0.05, 0) is 12.1 Å². The minimum Gasteiger partial charge on any atom is -0.481 e. The van der Waals surface area contributed by atoms with Crippen LogP contribution in [-0.2, 0) is 14.8 Å². The molecule has 0 bridgehead atoms. The number of benzene rings is 1. The first-order valence-corrected chi connectivity index (χ1v) is 9.22. The first-order valence-electron chi connectivity index (χ1n) is 7.78. The van der Waals surface area contributed by atoms with Crippen molar-refractivity contribution >= 4 is 27.4 Å². The van der Waals surface area contributed by atoms with Crippen molar-refractivity contribution in [2.45, 2.75) is 25.7 Å². The van der Waals surface area contributed by atoms with Crippen LogP contribution < -0.4 is 4.90 Å². The fourth-order valence-corrected chi connectivity index (χ4v) is 3.91. The van der Waals surface area contributed by atoms with Gasteiger partial charge < -0.3 is 10.0 Å². The van der Waals surface area contributed by atoms with Gasteiger partial charge in [0.2, 0.25) is 10.0 Å². The molecule has 1 rings (SSSR count). The average Bonchev–Trinajstić information content (AvgIpc) is 2.54. The molecule has 0 heterocycles. The lowest BCUT2D eigenvalue weighted by Crippen LogP contribution is -2.31. The standard InChI is InChI=1S/C15H23N3O6S/c1-5-17(6-2)25(23,24)12-7-8-13(14(9-12)18(21)22)16(4)10-11(3)15(19)20/h7-9,11H,5-6,10H2,1-4H3,(H,19,20). The van der Waals surface area contributed by atoms with Gasteiger partial charge in [-0.2, -0.15) is 4.31 Å². The van der Waals surface area contributed by atoms with Gasteiger partial charge in [-0.25, -0.2) is 8.42 Å². The first kappa shape index (κ1) is 20.8. The predicted molar refractivity (Wildman–Crippen MR) is 93.3 cm³/mol. The van der Waals surface area contributed by atoms with Gasteiger partial charge in [-0.15, -0.1) is 0 Å². The molecule has 1 N–H and O–H groups in total. The Morgan fingerprint density at radius 1 is 1.32 bits per heavy atom. The summed E-state index contributed by atoms with van der Waals surface area (Å²) in [4.78, 5) is 23.0. The number of hydrogen-bond acceptors (Lipinski definition) is 6. The zero-order chi connectivity index (χ0) is 19.4. The third kappa shape index (κ3) is 4.67. The second kappa shape index (κ2) is 8.26. The predicted octanol–water partition coefficient (Wildman–Crippen LogP) is 1.78. The minimum atomic E-state index is -3.82. The van der Waals surface area contributed by atoms with E-state index in [1.807, 2.05) is 0 Å². The molecule has 0 aliphatic rings. The Morgan fingerprint density at radius 2 is 1.88 bits per heavy atom. The SMILES string of the molecule is CCN(CC)S(=O)(=O)c1ccc(N(C)CC(C)C(=O)O)c([N+](=O)[O-])c1. The van der Waals surface area contributed by atoms with Crippen molar-refractivity contribution in [3.05, 3.63) is 28.3 Å². The highest BCUT2D eigenvalue weighted by atomic mass is 32.2. The molecule has 0 fully saturated rings. The van der Waals surface area contributed by atoms with Crippen LogP contribution in [0.4, 0.5) is 11.4 Å². The largest absolute Gasteiger partial charge is 0.481 e. The van der Waals surface area contributed by atoms with E-state index in [1.54, 1.807) is 13.8 Å². The fourth-order valence-electron chi connectivity index (χ4n) is 2.43. The van der Waals surface area contributed by atoms with Crippen molar-refractivity contribution in [2.24, 2.45) is 5.92 Å². The summed E-state index contributed by atoms with van der Waals surface area (Å²) in [5.41, 5.74) is -0.218. The van der Waals surface area contributed by atoms with Gasteiger partial charge in [-0.3, -0.25) is 14.9 Å². The van der Waals surface area contributed by atoms with E-state index in [9.17, 15) is 23.3 Å². The molecule has 25 heavy (non-hydrogen) atoms. The molecular weight excluding hydrogens is 350 g/mol. The Balaban J connectivity index is 3.33. The molecule has 0 spiro atoms. The van der Waals surface area contributed by atoms with Gasteiger partial charge in [-0.1, -0.05) is 20.8 Å². The van der Waals surface area contributed by atoms with E-state index in [0.29, 0.717) is 0 Å². The molecule has 1 atom stereocenters. The summed E-state index contributed by atoms with van der Waals surface area (Å²) in [7, 11) is -2.29. The summed E-state index contributed by atoms with van der Waals surface area (Å²) >= 11 is 0. The summed E-state index contributed by atoms with van der Waals surface area (Å²) < 4.78 is 26.3. The van der Waals surface area contributed by atoms with Crippen LogP contribution >= 0.6 is 0 Å². The zero-order valence-electron chi connectivity index (χ0n) is 14.7. The quantitative estimate of drug-likeness (QED) is 0.517. The molecule has 10 heteroatoms. The molecule has 0 saturated heterocycles. The van der Waals surface area contributed by atoms with Crippen LogP contribution in [0.2, 0.25) is 0 Å². The highest BCUT2D eigenvalue weighted by Crippen LogP contribution is 2.31. The molecule has 0 aromatic heterocycles. The lowest BCUT2D eigenvalue weighted by Gasteiger charge is -2.22. The van der Waals surface area contributed by atoms with Crippen molar-refractivity contribution in [2.75, 3.05) is 31.6 Å². The molecule has 1 aromatic rings. The van der Waals surface area contributed by atoms with Crippen molar-refractivity contribution in [1.29, 1.82) is 0 Å². The molecule has 0 amide bonds. The number of nitrogens with zero attached hydrogens (tertiary/aromatic N) is 3. The van der Waals surface area contributed by atoms with Gasteiger partial charge in [0.1, 0.15) is 5.69 Å². The Kier molecular flexibility index (Phi) is 6.88. The van der Waals surface area contributed by atoms with Crippen LogP contribution in [0.25, 0.3) is 0 Å². The second-order valence-corrected chi connectivity index (χ2v) is 7.55. The molecule has 0 saturated carbocycles. The van der Waals surface area contributed by atoms with Crippen molar-refractivity contribution < 1.29 is 23.2 Å². The van der Waals surface area contributed by atoms with Crippen LogP contribution in [0.3, 0.4) is 0 Å². The van der Waals surface area contributed by atoms with E-state index in [0.717, 1.165) is 6.07 Å². The van der Waals surface area contributed by atoms with Crippen molar-refractivity contribution in [3.8, 4) is 0 Å². The smallest absolute Gasteiger partial charge is 0.308 e. The summed E-state index contributed by atoms with van der Waals surface area (Å²) in [5.74, 6) is -1.75. The number of rotatable bonds is 9. The lowest BCUT2D eigenvalue weighted by atomic mass is 10.1. The van der Waals surface area contributed by atoms with Crippen LogP contribution in [0.1, 0.15) is 20.8 Å². The van der Waals surface area contributed by atoms with E-state index in [2.05, 4.69) is 0 Å². The molecule has 0 aliphatic heterocycles. The maximum atomic E-state index is 12.5. The third-order valence-electron chi connectivity index (χ3n) is 3.87. The summed E-state index contributed by atoms with van der Waals surface area (Å²) in [6, 6.07) is 3.66.